The second-order valence-corrected chi connectivity index (χ2v) is 4.45. The van der Waals surface area contributed by atoms with E-state index in [1.807, 2.05) is 6.92 Å². The van der Waals surface area contributed by atoms with Crippen molar-refractivity contribution < 1.29 is 14.7 Å². The van der Waals surface area contributed by atoms with Crippen molar-refractivity contribution >= 4 is 17.7 Å². The third-order valence-electron chi connectivity index (χ3n) is 2.92. The molecule has 0 aromatic heterocycles. The predicted molar refractivity (Wildman–Crippen MR) is 77.8 cm³/mol. The highest BCUT2D eigenvalue weighted by Gasteiger charge is 2.12. The highest BCUT2D eigenvalue weighted by atomic mass is 16.4. The number of benzene rings is 1. The van der Waals surface area contributed by atoms with E-state index in [1.165, 1.54) is 12.1 Å². The normalized spacial score (nSPS) is 11.2. The maximum atomic E-state index is 11.9. The molecule has 106 valence electrons. The van der Waals surface area contributed by atoms with Crippen molar-refractivity contribution in [2.45, 2.75) is 32.7 Å². The number of aryl methyl sites for hydroxylation is 1. The molecule has 0 aliphatic heterocycles. The van der Waals surface area contributed by atoms with Crippen LogP contribution >= 0.6 is 0 Å². The summed E-state index contributed by atoms with van der Waals surface area (Å²) in [5.74, 6) is 1.47. The number of amides is 2. The van der Waals surface area contributed by atoms with Crippen LogP contribution < -0.4 is 10.6 Å². The molecule has 1 atom stereocenters. The van der Waals surface area contributed by atoms with E-state index in [2.05, 4.69) is 16.6 Å². The van der Waals surface area contributed by atoms with Crippen LogP contribution in [0.4, 0.5) is 10.5 Å². The molecule has 0 heterocycles. The molecule has 0 saturated carbocycles. The summed E-state index contributed by atoms with van der Waals surface area (Å²) in [7, 11) is 0. The minimum absolute atomic E-state index is 0.0945. The van der Waals surface area contributed by atoms with Crippen molar-refractivity contribution in [3.63, 3.8) is 0 Å². The molecule has 1 aromatic carbocycles. The largest absolute Gasteiger partial charge is 0.478 e. The molecule has 0 spiro atoms. The number of hydrogen-bond acceptors (Lipinski definition) is 2. The van der Waals surface area contributed by atoms with Gasteiger partial charge in [-0.05, 0) is 31.0 Å². The van der Waals surface area contributed by atoms with E-state index in [1.54, 1.807) is 13.0 Å². The molecule has 0 aliphatic carbocycles. The maximum Gasteiger partial charge on any atom is 0.335 e. The van der Waals surface area contributed by atoms with Gasteiger partial charge in [0.25, 0.3) is 0 Å². The number of carboxylic acid groups (broad SMARTS) is 1. The van der Waals surface area contributed by atoms with E-state index in [0.29, 0.717) is 12.1 Å². The monoisotopic (exact) mass is 274 g/mol. The lowest BCUT2D eigenvalue weighted by Crippen LogP contribution is -2.37. The zero-order valence-corrected chi connectivity index (χ0v) is 11.6. The number of hydrogen-bond donors (Lipinski definition) is 3. The fraction of sp³-hybridized carbons (Fsp3) is 0.333. The Morgan fingerprint density at radius 3 is 2.70 bits per heavy atom. The van der Waals surface area contributed by atoms with E-state index in [4.69, 9.17) is 11.5 Å². The van der Waals surface area contributed by atoms with Crippen LogP contribution in [-0.4, -0.2) is 23.1 Å². The summed E-state index contributed by atoms with van der Waals surface area (Å²) >= 11 is 0. The molecule has 3 N–H and O–H groups in total. The maximum absolute atomic E-state index is 11.9. The van der Waals surface area contributed by atoms with Crippen LogP contribution in [0.15, 0.2) is 18.2 Å². The van der Waals surface area contributed by atoms with Gasteiger partial charge in [-0.3, -0.25) is 0 Å². The molecular weight excluding hydrogens is 256 g/mol. The van der Waals surface area contributed by atoms with Crippen molar-refractivity contribution in [3.05, 3.63) is 29.3 Å². The molecule has 1 aromatic rings. The van der Waals surface area contributed by atoms with Gasteiger partial charge in [-0.1, -0.05) is 13.0 Å². The first-order valence-electron chi connectivity index (χ1n) is 6.32. The predicted octanol–water partition coefficient (Wildman–Crippen LogP) is 2.62. The Kier molecular flexibility index (Phi) is 5.60. The SMILES string of the molecule is C#CCC(CC)NC(=O)Nc1cc(C(=O)O)ccc1C. The van der Waals surface area contributed by atoms with Crippen LogP contribution in [0.25, 0.3) is 0 Å². The fourth-order valence-electron chi connectivity index (χ4n) is 1.67. The van der Waals surface area contributed by atoms with Gasteiger partial charge in [0.05, 0.1) is 5.56 Å². The number of terminal acetylenes is 1. The van der Waals surface area contributed by atoms with Crippen molar-refractivity contribution in [1.29, 1.82) is 0 Å². The lowest BCUT2D eigenvalue weighted by atomic mass is 10.1. The highest BCUT2D eigenvalue weighted by molar-refractivity contribution is 5.94. The van der Waals surface area contributed by atoms with Gasteiger partial charge in [0.2, 0.25) is 0 Å². The average Bonchev–Trinajstić information content (AvgIpc) is 2.40. The molecular formula is C15H18N2O3. The van der Waals surface area contributed by atoms with E-state index >= 15 is 0 Å². The second kappa shape index (κ2) is 7.19. The van der Waals surface area contributed by atoms with Gasteiger partial charge in [-0.25, -0.2) is 9.59 Å². The Morgan fingerprint density at radius 1 is 1.45 bits per heavy atom. The molecule has 0 saturated heterocycles. The minimum Gasteiger partial charge on any atom is -0.478 e. The van der Waals surface area contributed by atoms with Crippen LogP contribution in [0.3, 0.4) is 0 Å². The smallest absolute Gasteiger partial charge is 0.335 e. The first-order valence-corrected chi connectivity index (χ1v) is 6.32. The molecule has 1 unspecified atom stereocenters. The number of rotatable bonds is 5. The number of urea groups is 1. The van der Waals surface area contributed by atoms with E-state index < -0.39 is 12.0 Å². The molecule has 0 aliphatic rings. The Balaban J connectivity index is 2.77. The number of carbonyl (C=O) groups excluding carboxylic acids is 1. The molecule has 2 amide bonds. The van der Waals surface area contributed by atoms with Gasteiger partial charge < -0.3 is 15.7 Å². The van der Waals surface area contributed by atoms with Gasteiger partial charge in [0.1, 0.15) is 0 Å². The van der Waals surface area contributed by atoms with Gasteiger partial charge in [-0.2, -0.15) is 0 Å². The van der Waals surface area contributed by atoms with E-state index in [-0.39, 0.29) is 11.6 Å². The second-order valence-electron chi connectivity index (χ2n) is 4.45. The van der Waals surface area contributed by atoms with E-state index in [9.17, 15) is 9.59 Å². The number of anilines is 1. The van der Waals surface area contributed by atoms with Crippen molar-refractivity contribution in [3.8, 4) is 12.3 Å². The Hall–Kier alpha value is -2.48. The first-order chi connectivity index (χ1) is 9.47. The average molecular weight is 274 g/mol. The quantitative estimate of drug-likeness (QED) is 0.722. The molecule has 20 heavy (non-hydrogen) atoms. The van der Waals surface area contributed by atoms with Crippen molar-refractivity contribution in [1.82, 2.24) is 5.32 Å². The highest BCUT2D eigenvalue weighted by Crippen LogP contribution is 2.17. The third-order valence-corrected chi connectivity index (χ3v) is 2.92. The molecule has 0 bridgehead atoms. The van der Waals surface area contributed by atoms with Crippen LogP contribution in [0.2, 0.25) is 0 Å². The molecule has 0 fully saturated rings. The van der Waals surface area contributed by atoms with Crippen LogP contribution in [-0.2, 0) is 0 Å². The summed E-state index contributed by atoms with van der Waals surface area (Å²) in [5.41, 5.74) is 1.38. The minimum atomic E-state index is -1.03. The third kappa shape index (κ3) is 4.32. The van der Waals surface area contributed by atoms with Crippen molar-refractivity contribution in [2.24, 2.45) is 0 Å². The zero-order chi connectivity index (χ0) is 15.1. The van der Waals surface area contributed by atoms with Gasteiger partial charge >= 0.3 is 12.0 Å². The number of nitrogens with one attached hydrogen (secondary N) is 2. The summed E-state index contributed by atoms with van der Waals surface area (Å²) < 4.78 is 0. The van der Waals surface area contributed by atoms with Crippen molar-refractivity contribution in [2.75, 3.05) is 5.32 Å². The fourth-order valence-corrected chi connectivity index (χ4v) is 1.67. The molecule has 1 rings (SSSR count). The standard InChI is InChI=1S/C15H18N2O3/c1-4-6-12(5-2)16-15(20)17-13-9-11(14(18)19)8-7-10(13)3/h1,7-9,12H,5-6H2,2-3H3,(H,18,19)(H2,16,17,20). The zero-order valence-electron chi connectivity index (χ0n) is 11.6. The first kappa shape index (κ1) is 15.6. The number of carboxylic acids is 1. The summed E-state index contributed by atoms with van der Waals surface area (Å²) in [6.45, 7) is 3.72. The molecule has 5 nitrogen and oxygen atoms in total. The Labute approximate surface area is 118 Å². The van der Waals surface area contributed by atoms with Gasteiger partial charge in [-0.15, -0.1) is 12.3 Å². The Morgan fingerprint density at radius 2 is 2.15 bits per heavy atom. The van der Waals surface area contributed by atoms with Crippen LogP contribution in [0, 0.1) is 19.3 Å². The summed E-state index contributed by atoms with van der Waals surface area (Å²) in [5, 5.41) is 14.3. The molecule has 5 heteroatoms. The molecule has 0 radical (unpaired) electrons. The van der Waals surface area contributed by atoms with E-state index in [0.717, 1.165) is 12.0 Å². The van der Waals surface area contributed by atoms with Gasteiger partial charge in [0.15, 0.2) is 0 Å². The lowest BCUT2D eigenvalue weighted by molar-refractivity contribution is 0.0697. The summed E-state index contributed by atoms with van der Waals surface area (Å²) in [6, 6.07) is 4.09. The summed E-state index contributed by atoms with van der Waals surface area (Å²) in [4.78, 5) is 22.8. The Bertz CT molecular complexity index is 547. The van der Waals surface area contributed by atoms with Gasteiger partial charge in [0, 0.05) is 18.2 Å². The van der Waals surface area contributed by atoms with Crippen LogP contribution in [0.1, 0.15) is 35.7 Å². The summed E-state index contributed by atoms with van der Waals surface area (Å²) in [6.07, 6.45) is 6.41. The topological polar surface area (TPSA) is 78.4 Å². The number of aromatic carboxylic acids is 1. The van der Waals surface area contributed by atoms with Crippen LogP contribution in [0.5, 0.6) is 0 Å². The lowest BCUT2D eigenvalue weighted by Gasteiger charge is -2.16. The number of carbonyl (C=O) groups is 2.